The van der Waals surface area contributed by atoms with Gasteiger partial charge in [0, 0.05) is 11.3 Å². The zero-order chi connectivity index (χ0) is 16.9. The molecule has 0 aliphatic rings. The van der Waals surface area contributed by atoms with Gasteiger partial charge in [0.05, 0.1) is 0 Å². The van der Waals surface area contributed by atoms with Crippen molar-refractivity contribution in [1.29, 1.82) is 0 Å². The summed E-state index contributed by atoms with van der Waals surface area (Å²) in [5.74, 6) is 1.32. The second kappa shape index (κ2) is 6.95. The summed E-state index contributed by atoms with van der Waals surface area (Å²) in [6.45, 7) is 3.64. The molecule has 0 spiro atoms. The van der Waals surface area contributed by atoms with Crippen LogP contribution in [0.15, 0.2) is 53.1 Å². The lowest BCUT2D eigenvalue weighted by atomic mass is 10.2. The molecule has 0 atom stereocenters. The van der Waals surface area contributed by atoms with Gasteiger partial charge in [0.1, 0.15) is 5.75 Å². The van der Waals surface area contributed by atoms with Crippen LogP contribution in [-0.2, 0) is 4.79 Å². The molecule has 2 aromatic carbocycles. The van der Waals surface area contributed by atoms with E-state index in [1.807, 2.05) is 43.3 Å². The first kappa shape index (κ1) is 15.7. The van der Waals surface area contributed by atoms with Crippen LogP contribution >= 0.6 is 0 Å². The topological polar surface area (TPSA) is 77.2 Å². The number of amides is 1. The number of aromatic nitrogens is 2. The standard InChI is InChI=1S/C18H17N3O3/c1-12-5-3-7-15(9-12)20-17(22)11-23-16-8-4-6-14(10-16)18-19-13(2)21-24-18/h3-10H,11H2,1-2H3,(H,20,22). The molecule has 0 unspecified atom stereocenters. The fraction of sp³-hybridized carbons (Fsp3) is 0.167. The molecule has 0 fully saturated rings. The number of rotatable bonds is 5. The normalized spacial score (nSPS) is 10.4. The Bertz CT molecular complexity index is 858. The Kier molecular flexibility index (Phi) is 4.56. The van der Waals surface area contributed by atoms with Gasteiger partial charge in [-0.3, -0.25) is 4.79 Å². The number of carbonyl (C=O) groups is 1. The Hall–Kier alpha value is -3.15. The number of hydrogen-bond acceptors (Lipinski definition) is 5. The highest BCUT2D eigenvalue weighted by Crippen LogP contribution is 2.22. The Morgan fingerprint density at radius 2 is 2.00 bits per heavy atom. The molecule has 122 valence electrons. The Labute approximate surface area is 139 Å². The lowest BCUT2D eigenvalue weighted by Gasteiger charge is -2.08. The fourth-order valence-electron chi connectivity index (χ4n) is 2.20. The number of aryl methyl sites for hydroxylation is 2. The second-order valence-corrected chi connectivity index (χ2v) is 5.38. The van der Waals surface area contributed by atoms with Crippen molar-refractivity contribution in [2.75, 3.05) is 11.9 Å². The van der Waals surface area contributed by atoms with Gasteiger partial charge >= 0.3 is 0 Å². The summed E-state index contributed by atoms with van der Waals surface area (Å²) in [6, 6.07) is 14.8. The van der Waals surface area contributed by atoms with Crippen LogP contribution in [0.2, 0.25) is 0 Å². The summed E-state index contributed by atoms with van der Waals surface area (Å²) >= 11 is 0. The van der Waals surface area contributed by atoms with Crippen LogP contribution < -0.4 is 10.1 Å². The third kappa shape index (κ3) is 3.98. The Morgan fingerprint density at radius 3 is 2.75 bits per heavy atom. The highest BCUT2D eigenvalue weighted by Gasteiger charge is 2.08. The van der Waals surface area contributed by atoms with Gasteiger partial charge in [-0.25, -0.2) is 0 Å². The third-order valence-electron chi connectivity index (χ3n) is 3.28. The molecular formula is C18H17N3O3. The van der Waals surface area contributed by atoms with Gasteiger partial charge < -0.3 is 14.6 Å². The summed E-state index contributed by atoms with van der Waals surface area (Å²) in [7, 11) is 0. The molecule has 0 aliphatic heterocycles. The lowest BCUT2D eigenvalue weighted by molar-refractivity contribution is -0.118. The van der Waals surface area contributed by atoms with Crippen molar-refractivity contribution in [3.63, 3.8) is 0 Å². The van der Waals surface area contributed by atoms with Gasteiger partial charge in [-0.15, -0.1) is 0 Å². The number of benzene rings is 2. The van der Waals surface area contributed by atoms with Crippen LogP contribution in [0.4, 0.5) is 5.69 Å². The number of ether oxygens (including phenoxy) is 1. The molecule has 1 N–H and O–H groups in total. The monoisotopic (exact) mass is 323 g/mol. The van der Waals surface area contributed by atoms with E-state index in [-0.39, 0.29) is 12.5 Å². The molecule has 6 heteroatoms. The Morgan fingerprint density at radius 1 is 1.17 bits per heavy atom. The molecule has 0 bridgehead atoms. The van der Waals surface area contributed by atoms with Crippen LogP contribution in [0.5, 0.6) is 5.75 Å². The molecule has 24 heavy (non-hydrogen) atoms. The van der Waals surface area contributed by atoms with Crippen LogP contribution in [0.3, 0.4) is 0 Å². The summed E-state index contributed by atoms with van der Waals surface area (Å²) in [5, 5.41) is 6.56. The van der Waals surface area contributed by atoms with E-state index in [1.54, 1.807) is 19.1 Å². The number of carbonyl (C=O) groups excluding carboxylic acids is 1. The maximum absolute atomic E-state index is 12.0. The average Bonchev–Trinajstić information content (AvgIpc) is 3.00. The SMILES string of the molecule is Cc1cccc(NC(=O)COc2cccc(-c3nc(C)no3)c2)c1. The molecule has 0 aliphatic carbocycles. The van der Waals surface area contributed by atoms with Gasteiger partial charge in [-0.2, -0.15) is 4.98 Å². The molecule has 0 saturated carbocycles. The predicted molar refractivity (Wildman–Crippen MR) is 89.8 cm³/mol. The van der Waals surface area contributed by atoms with Crippen LogP contribution in [0.1, 0.15) is 11.4 Å². The average molecular weight is 323 g/mol. The maximum Gasteiger partial charge on any atom is 0.262 e. The largest absolute Gasteiger partial charge is 0.484 e. The molecule has 0 saturated heterocycles. The first-order chi connectivity index (χ1) is 11.6. The third-order valence-corrected chi connectivity index (χ3v) is 3.28. The van der Waals surface area contributed by atoms with Gasteiger partial charge in [-0.1, -0.05) is 23.4 Å². The van der Waals surface area contributed by atoms with Crippen molar-refractivity contribution in [3.05, 3.63) is 59.9 Å². The van der Waals surface area contributed by atoms with Crippen molar-refractivity contribution in [2.24, 2.45) is 0 Å². The van der Waals surface area contributed by atoms with E-state index in [2.05, 4.69) is 15.5 Å². The van der Waals surface area contributed by atoms with Crippen LogP contribution in [0.25, 0.3) is 11.5 Å². The van der Waals surface area contributed by atoms with Gasteiger partial charge in [-0.05, 0) is 49.7 Å². The zero-order valence-corrected chi connectivity index (χ0v) is 13.4. The summed E-state index contributed by atoms with van der Waals surface area (Å²) in [4.78, 5) is 16.1. The van der Waals surface area contributed by atoms with E-state index in [0.29, 0.717) is 17.5 Å². The van der Waals surface area contributed by atoms with Gasteiger partial charge in [0.2, 0.25) is 0 Å². The van der Waals surface area contributed by atoms with E-state index >= 15 is 0 Å². The van der Waals surface area contributed by atoms with E-state index in [4.69, 9.17) is 9.26 Å². The van der Waals surface area contributed by atoms with E-state index in [9.17, 15) is 4.79 Å². The van der Waals surface area contributed by atoms with E-state index in [1.165, 1.54) is 0 Å². The van der Waals surface area contributed by atoms with E-state index < -0.39 is 0 Å². The molecule has 3 rings (SSSR count). The number of nitrogens with one attached hydrogen (secondary N) is 1. The number of anilines is 1. The lowest BCUT2D eigenvalue weighted by Crippen LogP contribution is -2.20. The highest BCUT2D eigenvalue weighted by atomic mass is 16.5. The molecule has 0 radical (unpaired) electrons. The highest BCUT2D eigenvalue weighted by molar-refractivity contribution is 5.91. The predicted octanol–water partition coefficient (Wildman–Crippen LogP) is 3.37. The zero-order valence-electron chi connectivity index (χ0n) is 13.4. The summed E-state index contributed by atoms with van der Waals surface area (Å²) in [5.41, 5.74) is 2.57. The van der Waals surface area contributed by atoms with E-state index in [0.717, 1.165) is 16.8 Å². The first-order valence-corrected chi connectivity index (χ1v) is 7.50. The van der Waals surface area contributed by atoms with Gasteiger partial charge in [0.25, 0.3) is 11.8 Å². The molecule has 1 aromatic heterocycles. The fourth-order valence-corrected chi connectivity index (χ4v) is 2.20. The summed E-state index contributed by atoms with van der Waals surface area (Å²) < 4.78 is 10.7. The molecule has 3 aromatic rings. The van der Waals surface area contributed by atoms with Crippen molar-refractivity contribution in [2.45, 2.75) is 13.8 Å². The minimum Gasteiger partial charge on any atom is -0.484 e. The second-order valence-electron chi connectivity index (χ2n) is 5.38. The van der Waals surface area contributed by atoms with Crippen molar-refractivity contribution >= 4 is 11.6 Å². The maximum atomic E-state index is 12.0. The first-order valence-electron chi connectivity index (χ1n) is 7.50. The molecular weight excluding hydrogens is 306 g/mol. The molecule has 6 nitrogen and oxygen atoms in total. The summed E-state index contributed by atoms with van der Waals surface area (Å²) in [6.07, 6.45) is 0. The smallest absolute Gasteiger partial charge is 0.262 e. The van der Waals surface area contributed by atoms with Crippen molar-refractivity contribution in [3.8, 4) is 17.2 Å². The van der Waals surface area contributed by atoms with Gasteiger partial charge in [0.15, 0.2) is 12.4 Å². The van der Waals surface area contributed by atoms with Crippen molar-refractivity contribution in [1.82, 2.24) is 10.1 Å². The minimum absolute atomic E-state index is 0.0831. The molecule has 1 heterocycles. The van der Waals surface area contributed by atoms with Crippen LogP contribution in [-0.4, -0.2) is 22.7 Å². The minimum atomic E-state index is -0.223. The number of nitrogens with zero attached hydrogens (tertiary/aromatic N) is 2. The van der Waals surface area contributed by atoms with Crippen molar-refractivity contribution < 1.29 is 14.1 Å². The quantitative estimate of drug-likeness (QED) is 0.779. The Balaban J connectivity index is 1.61. The number of hydrogen-bond donors (Lipinski definition) is 1. The van der Waals surface area contributed by atoms with Crippen LogP contribution in [0, 0.1) is 13.8 Å². The molecule has 1 amide bonds.